The summed E-state index contributed by atoms with van der Waals surface area (Å²) in [6, 6.07) is 24.4. The number of aliphatic hydroxyl groups excluding tert-OH is 1. The van der Waals surface area contributed by atoms with Crippen molar-refractivity contribution < 1.29 is 19.7 Å². The summed E-state index contributed by atoms with van der Waals surface area (Å²) in [6.45, 7) is 4.92. The number of nitriles is 1. The fraction of sp³-hybridized carbons (Fsp3) is 0.235. The molecular weight excluding hydrogens is 528 g/mol. The van der Waals surface area contributed by atoms with Gasteiger partial charge in [0.1, 0.15) is 18.4 Å². The third-order valence-corrected chi connectivity index (χ3v) is 6.98. The first-order valence-electron chi connectivity index (χ1n) is 13.7. The monoisotopic (exact) mass is 562 g/mol. The Balaban J connectivity index is 1.57. The molecule has 4 rings (SSSR count). The third kappa shape index (κ3) is 8.03. The molecule has 4 aromatic rings. The zero-order chi connectivity index (χ0) is 29.9. The molecule has 1 aromatic heterocycles. The van der Waals surface area contributed by atoms with Crippen molar-refractivity contribution in [2.24, 2.45) is 10.9 Å². The van der Waals surface area contributed by atoms with Crippen molar-refractivity contribution in [2.45, 2.75) is 40.0 Å². The number of nitrogens with zero attached hydrogens (tertiary/aromatic N) is 3. The van der Waals surface area contributed by atoms with Crippen LogP contribution in [0.25, 0.3) is 11.1 Å². The normalized spacial score (nSPS) is 11.7. The van der Waals surface area contributed by atoms with Gasteiger partial charge in [-0.05, 0) is 53.8 Å². The highest BCUT2D eigenvalue weighted by atomic mass is 16.5. The van der Waals surface area contributed by atoms with Gasteiger partial charge in [0.05, 0.1) is 25.1 Å². The number of aliphatic carboxylic acids is 1. The van der Waals surface area contributed by atoms with E-state index in [1.54, 1.807) is 12.3 Å². The first-order valence-corrected chi connectivity index (χ1v) is 13.7. The number of nitrogens with one attached hydrogen (secondary N) is 1. The van der Waals surface area contributed by atoms with Crippen LogP contribution in [0.4, 0.5) is 5.69 Å². The summed E-state index contributed by atoms with van der Waals surface area (Å²) in [5, 5.41) is 31.3. The van der Waals surface area contributed by atoms with Crippen LogP contribution in [0.1, 0.15) is 39.8 Å². The lowest BCUT2D eigenvalue weighted by Crippen LogP contribution is -2.13. The molecule has 0 saturated carbocycles. The van der Waals surface area contributed by atoms with Crippen LogP contribution in [0.5, 0.6) is 5.75 Å². The summed E-state index contributed by atoms with van der Waals surface area (Å²) in [7, 11) is 0. The van der Waals surface area contributed by atoms with Crippen molar-refractivity contribution in [1.29, 1.82) is 5.26 Å². The quantitative estimate of drug-likeness (QED) is 0.168. The van der Waals surface area contributed by atoms with Gasteiger partial charge in [0.25, 0.3) is 0 Å². The van der Waals surface area contributed by atoms with E-state index in [0.29, 0.717) is 17.9 Å². The Morgan fingerprint density at radius 3 is 2.64 bits per heavy atom. The van der Waals surface area contributed by atoms with E-state index in [-0.39, 0.29) is 26.2 Å². The van der Waals surface area contributed by atoms with Crippen molar-refractivity contribution in [3.8, 4) is 22.9 Å². The minimum atomic E-state index is -0.992. The maximum atomic E-state index is 11.1. The average Bonchev–Trinajstić information content (AvgIpc) is 3.00. The molecule has 0 radical (unpaired) electrons. The Hall–Kier alpha value is -5.00. The number of aliphatic hydroxyl groups is 1. The second kappa shape index (κ2) is 14.6. The van der Waals surface area contributed by atoms with Crippen LogP contribution >= 0.6 is 0 Å². The van der Waals surface area contributed by atoms with Gasteiger partial charge >= 0.3 is 5.97 Å². The van der Waals surface area contributed by atoms with Gasteiger partial charge in [0, 0.05) is 54.0 Å². The van der Waals surface area contributed by atoms with E-state index < -0.39 is 11.9 Å². The number of aliphatic imine (C=N–C) groups is 1. The van der Waals surface area contributed by atoms with E-state index in [4.69, 9.17) is 9.84 Å². The van der Waals surface area contributed by atoms with Crippen molar-refractivity contribution in [3.63, 3.8) is 0 Å². The number of ether oxygens (including phenoxy) is 1. The molecule has 1 unspecified atom stereocenters. The summed E-state index contributed by atoms with van der Waals surface area (Å²) in [5.74, 6) is -0.951. The Kier molecular flexibility index (Phi) is 10.4. The highest BCUT2D eigenvalue weighted by molar-refractivity contribution is 5.73. The van der Waals surface area contributed by atoms with Gasteiger partial charge in [-0.3, -0.25) is 14.8 Å². The zero-order valence-corrected chi connectivity index (χ0v) is 23.7. The molecule has 0 aliphatic rings. The summed E-state index contributed by atoms with van der Waals surface area (Å²) in [4.78, 5) is 19.6. The topological polar surface area (TPSA) is 128 Å². The number of carbonyl (C=O) groups is 1. The lowest BCUT2D eigenvalue weighted by molar-refractivity contribution is -0.137. The molecule has 0 fully saturated rings. The van der Waals surface area contributed by atoms with Gasteiger partial charge in [0.2, 0.25) is 0 Å². The van der Waals surface area contributed by atoms with E-state index in [2.05, 4.69) is 58.6 Å². The third-order valence-electron chi connectivity index (χ3n) is 6.98. The number of benzene rings is 3. The lowest BCUT2D eigenvalue weighted by atomic mass is 9.96. The SMILES string of the molecule is Cc1cc(C/N=C/C(CO)CC(=O)O)c(OCc2cncc(C#N)c2)cc1NCc1cccc(-c2ccccc2)c1C. The van der Waals surface area contributed by atoms with E-state index in [9.17, 15) is 15.2 Å². The molecule has 1 heterocycles. The predicted molar refractivity (Wildman–Crippen MR) is 163 cm³/mol. The lowest BCUT2D eigenvalue weighted by Gasteiger charge is -2.18. The van der Waals surface area contributed by atoms with E-state index >= 15 is 0 Å². The van der Waals surface area contributed by atoms with Crippen LogP contribution < -0.4 is 10.1 Å². The van der Waals surface area contributed by atoms with Gasteiger partial charge in [0.15, 0.2) is 0 Å². The number of carboxylic acid groups (broad SMARTS) is 1. The van der Waals surface area contributed by atoms with Gasteiger partial charge in [-0.25, -0.2) is 0 Å². The summed E-state index contributed by atoms with van der Waals surface area (Å²) >= 11 is 0. The molecule has 214 valence electrons. The number of hydrogen-bond acceptors (Lipinski definition) is 7. The Labute approximate surface area is 246 Å². The molecule has 0 spiro atoms. The van der Waals surface area contributed by atoms with Crippen molar-refractivity contribution in [2.75, 3.05) is 11.9 Å². The van der Waals surface area contributed by atoms with E-state index in [1.165, 1.54) is 34.7 Å². The summed E-state index contributed by atoms with van der Waals surface area (Å²) in [5.41, 5.74) is 8.69. The number of aromatic nitrogens is 1. The molecule has 3 aromatic carbocycles. The molecule has 42 heavy (non-hydrogen) atoms. The number of hydrogen-bond donors (Lipinski definition) is 3. The molecule has 8 heteroatoms. The highest BCUT2D eigenvalue weighted by Crippen LogP contribution is 2.31. The predicted octanol–water partition coefficient (Wildman–Crippen LogP) is 6.08. The fourth-order valence-electron chi connectivity index (χ4n) is 4.67. The Morgan fingerprint density at radius 2 is 1.90 bits per heavy atom. The molecule has 8 nitrogen and oxygen atoms in total. The van der Waals surface area contributed by atoms with Gasteiger partial charge in [-0.2, -0.15) is 5.26 Å². The van der Waals surface area contributed by atoms with Crippen LogP contribution in [0.15, 0.2) is 84.1 Å². The molecule has 0 aliphatic heterocycles. The van der Waals surface area contributed by atoms with Crippen molar-refractivity contribution >= 4 is 17.9 Å². The van der Waals surface area contributed by atoms with Gasteiger partial charge in [-0.15, -0.1) is 0 Å². The van der Waals surface area contributed by atoms with Gasteiger partial charge < -0.3 is 20.3 Å². The number of pyridine rings is 1. The molecule has 0 aliphatic carbocycles. The first-order chi connectivity index (χ1) is 20.4. The number of carboxylic acids is 1. The second-order valence-corrected chi connectivity index (χ2v) is 10.1. The van der Waals surface area contributed by atoms with Crippen LogP contribution in [-0.4, -0.2) is 34.0 Å². The molecule has 1 atom stereocenters. The molecule has 0 bridgehead atoms. The second-order valence-electron chi connectivity index (χ2n) is 10.1. The average molecular weight is 563 g/mol. The minimum Gasteiger partial charge on any atom is -0.488 e. The summed E-state index contributed by atoms with van der Waals surface area (Å²) < 4.78 is 6.21. The highest BCUT2D eigenvalue weighted by Gasteiger charge is 2.13. The Morgan fingerprint density at radius 1 is 1.10 bits per heavy atom. The maximum absolute atomic E-state index is 11.1. The smallest absolute Gasteiger partial charge is 0.304 e. The van der Waals surface area contributed by atoms with E-state index in [1.807, 2.05) is 37.3 Å². The largest absolute Gasteiger partial charge is 0.488 e. The molecular formula is C34H34N4O4. The number of rotatable bonds is 13. The van der Waals surface area contributed by atoms with E-state index in [0.717, 1.165) is 22.4 Å². The molecule has 3 N–H and O–H groups in total. The van der Waals surface area contributed by atoms with Crippen LogP contribution in [0.2, 0.25) is 0 Å². The maximum Gasteiger partial charge on any atom is 0.304 e. The zero-order valence-electron chi connectivity index (χ0n) is 23.7. The molecule has 0 amide bonds. The standard InChI is InChI=1S/C34H34N4O4/c1-23-11-30(19-37-17-26(21-39)13-34(40)41)33(42-22-27-12-25(15-35)16-36-18-27)14-32(23)38-20-29-9-6-10-31(24(29)2)28-7-4-3-5-8-28/h3-12,14,16-18,26,38-39H,13,19-22H2,1-2H3,(H,40,41)/b37-17+. The Bertz CT molecular complexity index is 1600. The number of aryl methyl sites for hydroxylation is 1. The van der Waals surface area contributed by atoms with Gasteiger partial charge in [-0.1, -0.05) is 48.5 Å². The number of anilines is 1. The van der Waals surface area contributed by atoms with Crippen molar-refractivity contribution in [3.05, 3.63) is 113 Å². The van der Waals surface area contributed by atoms with Crippen LogP contribution in [-0.2, 0) is 24.5 Å². The van der Waals surface area contributed by atoms with Crippen LogP contribution in [0.3, 0.4) is 0 Å². The first kappa shape index (κ1) is 30.0. The molecule has 0 saturated heterocycles. The minimum absolute atomic E-state index is 0.196. The summed E-state index contributed by atoms with van der Waals surface area (Å²) in [6.07, 6.45) is 4.45. The van der Waals surface area contributed by atoms with Crippen molar-refractivity contribution in [1.82, 2.24) is 4.98 Å². The fourth-order valence-corrected chi connectivity index (χ4v) is 4.67. The van der Waals surface area contributed by atoms with Crippen LogP contribution in [0, 0.1) is 31.1 Å².